The Kier molecular flexibility index (Phi) is 7.05. The Hall–Kier alpha value is -3.91. The second kappa shape index (κ2) is 11.2. The van der Waals surface area contributed by atoms with Crippen LogP contribution in [0.5, 0.6) is 5.75 Å². The lowest BCUT2D eigenvalue weighted by atomic mass is 10.1. The smallest absolute Gasteiger partial charge is 0.186 e. The Morgan fingerprint density at radius 2 is 1.93 bits per heavy atom. The molecular formula is C31H35N9O3S. The van der Waals surface area contributed by atoms with Crippen LogP contribution in [0.15, 0.2) is 36.8 Å². The van der Waals surface area contributed by atoms with E-state index >= 15 is 0 Å². The van der Waals surface area contributed by atoms with Gasteiger partial charge in [0.05, 0.1) is 54.6 Å². The highest BCUT2D eigenvalue weighted by molar-refractivity contribution is 7.22. The first-order chi connectivity index (χ1) is 21.6. The maximum atomic E-state index is 5.69. The minimum absolute atomic E-state index is 0.477. The number of aryl methyl sites for hydroxylation is 1. The number of ether oxygens (including phenoxy) is 3. The molecule has 5 aromatic rings. The van der Waals surface area contributed by atoms with Crippen LogP contribution in [0.4, 0.5) is 10.9 Å². The number of methoxy groups -OCH3 is 2. The molecule has 8 heterocycles. The number of hydrogen-bond donors (Lipinski definition) is 0. The van der Waals surface area contributed by atoms with Gasteiger partial charge in [-0.3, -0.25) is 14.9 Å². The Labute approximate surface area is 259 Å². The number of aromatic nitrogens is 6. The molecule has 0 amide bonds. The van der Waals surface area contributed by atoms with Gasteiger partial charge in [-0.1, -0.05) is 11.3 Å². The number of hydrogen-bond acceptors (Lipinski definition) is 12. The SMILES string of the molecule is COCCN1C[C@H]2C[C@@H]1CN2c1nc2c(N3CCOCC3)nc(-n3ncc4c(C)nc(-c5cnccc5OC)cc43)cc2s1. The van der Waals surface area contributed by atoms with Crippen molar-refractivity contribution >= 4 is 43.4 Å². The number of anilines is 2. The summed E-state index contributed by atoms with van der Waals surface area (Å²) in [5, 5.41) is 6.87. The molecule has 2 bridgehead atoms. The summed E-state index contributed by atoms with van der Waals surface area (Å²) in [4.78, 5) is 27.0. The van der Waals surface area contributed by atoms with Crippen LogP contribution >= 0.6 is 11.3 Å². The summed E-state index contributed by atoms with van der Waals surface area (Å²) < 4.78 is 19.7. The molecule has 8 rings (SSSR count). The number of morpholine rings is 1. The fraction of sp³-hybridized carbons (Fsp3) is 0.452. The number of likely N-dealkylation sites (tertiary alicyclic amines) is 1. The number of thiazole rings is 1. The molecule has 0 spiro atoms. The van der Waals surface area contributed by atoms with E-state index in [0.29, 0.717) is 25.3 Å². The third kappa shape index (κ3) is 4.66. The largest absolute Gasteiger partial charge is 0.496 e. The predicted molar refractivity (Wildman–Crippen MR) is 170 cm³/mol. The van der Waals surface area contributed by atoms with Crippen LogP contribution in [0.3, 0.4) is 0 Å². The van der Waals surface area contributed by atoms with Crippen LogP contribution in [-0.4, -0.2) is 113 Å². The lowest BCUT2D eigenvalue weighted by Crippen LogP contribution is -2.47. The quantitative estimate of drug-likeness (QED) is 0.257. The van der Waals surface area contributed by atoms with Gasteiger partial charge in [-0.05, 0) is 25.5 Å². The van der Waals surface area contributed by atoms with E-state index < -0.39 is 0 Å². The second-order valence-electron chi connectivity index (χ2n) is 11.6. The molecule has 5 aromatic heterocycles. The van der Waals surface area contributed by atoms with Crippen LogP contribution in [0.25, 0.3) is 38.2 Å². The summed E-state index contributed by atoms with van der Waals surface area (Å²) in [5.41, 5.74) is 4.37. The summed E-state index contributed by atoms with van der Waals surface area (Å²) >= 11 is 1.75. The summed E-state index contributed by atoms with van der Waals surface area (Å²) in [5.74, 6) is 2.37. The van der Waals surface area contributed by atoms with E-state index in [-0.39, 0.29) is 0 Å². The number of piperazine rings is 1. The zero-order valence-corrected chi connectivity index (χ0v) is 26.0. The van der Waals surface area contributed by atoms with Gasteiger partial charge in [0.15, 0.2) is 16.8 Å². The van der Waals surface area contributed by atoms with Gasteiger partial charge in [0.25, 0.3) is 0 Å². The number of nitrogens with zero attached hydrogens (tertiary/aromatic N) is 9. The minimum atomic E-state index is 0.477. The van der Waals surface area contributed by atoms with E-state index in [1.807, 2.05) is 29.9 Å². The van der Waals surface area contributed by atoms with Gasteiger partial charge in [-0.2, -0.15) is 5.10 Å². The molecule has 3 fully saturated rings. The Balaban J connectivity index is 1.22. The Morgan fingerprint density at radius 3 is 2.73 bits per heavy atom. The molecule has 3 aliphatic heterocycles. The Morgan fingerprint density at radius 1 is 1.05 bits per heavy atom. The molecule has 0 N–H and O–H groups in total. The molecule has 3 saturated heterocycles. The van der Waals surface area contributed by atoms with E-state index in [0.717, 1.165) is 99.9 Å². The highest BCUT2D eigenvalue weighted by Crippen LogP contribution is 2.41. The zero-order valence-electron chi connectivity index (χ0n) is 25.1. The van der Waals surface area contributed by atoms with Gasteiger partial charge in [-0.15, -0.1) is 0 Å². The van der Waals surface area contributed by atoms with Crippen molar-refractivity contribution in [3.8, 4) is 22.8 Å². The van der Waals surface area contributed by atoms with Crippen LogP contribution in [0.1, 0.15) is 12.1 Å². The van der Waals surface area contributed by atoms with Gasteiger partial charge in [0, 0.05) is 81.5 Å². The summed E-state index contributed by atoms with van der Waals surface area (Å²) in [6.07, 6.45) is 6.56. The molecule has 228 valence electrons. The van der Waals surface area contributed by atoms with Crippen LogP contribution in [0, 0.1) is 6.92 Å². The van der Waals surface area contributed by atoms with Crippen LogP contribution in [-0.2, 0) is 9.47 Å². The highest BCUT2D eigenvalue weighted by Gasteiger charge is 2.44. The normalized spacial score (nSPS) is 20.4. The topological polar surface area (TPSA) is 107 Å². The summed E-state index contributed by atoms with van der Waals surface area (Å²) in [6.45, 7) is 8.71. The van der Waals surface area contributed by atoms with Gasteiger partial charge >= 0.3 is 0 Å². The molecule has 0 saturated carbocycles. The minimum Gasteiger partial charge on any atom is -0.496 e. The number of pyridine rings is 3. The molecule has 0 radical (unpaired) electrons. The molecule has 0 aromatic carbocycles. The molecule has 12 nitrogen and oxygen atoms in total. The zero-order chi connectivity index (χ0) is 29.8. The highest BCUT2D eigenvalue weighted by atomic mass is 32.1. The van der Waals surface area contributed by atoms with Crippen LogP contribution in [0.2, 0.25) is 0 Å². The van der Waals surface area contributed by atoms with E-state index in [2.05, 4.69) is 25.8 Å². The number of rotatable bonds is 8. The number of fused-ring (bicyclic) bond motifs is 4. The monoisotopic (exact) mass is 613 g/mol. The van der Waals surface area contributed by atoms with Gasteiger partial charge in [-0.25, -0.2) is 14.6 Å². The van der Waals surface area contributed by atoms with Crippen molar-refractivity contribution in [1.82, 2.24) is 34.6 Å². The van der Waals surface area contributed by atoms with Crippen molar-refractivity contribution in [2.45, 2.75) is 25.4 Å². The predicted octanol–water partition coefficient (Wildman–Crippen LogP) is 3.55. The van der Waals surface area contributed by atoms with Gasteiger partial charge < -0.3 is 24.0 Å². The average Bonchev–Trinajstić information content (AvgIpc) is 3.86. The summed E-state index contributed by atoms with van der Waals surface area (Å²) in [7, 11) is 3.44. The van der Waals surface area contributed by atoms with E-state index in [1.165, 1.54) is 6.42 Å². The van der Waals surface area contributed by atoms with Crippen molar-refractivity contribution in [3.63, 3.8) is 0 Å². The Bertz CT molecular complexity index is 1840. The van der Waals surface area contributed by atoms with E-state index in [9.17, 15) is 0 Å². The van der Waals surface area contributed by atoms with Crippen molar-refractivity contribution in [2.75, 3.05) is 76.6 Å². The van der Waals surface area contributed by atoms with E-state index in [4.69, 9.17) is 34.3 Å². The third-order valence-electron chi connectivity index (χ3n) is 9.08. The van der Waals surface area contributed by atoms with Crippen molar-refractivity contribution < 1.29 is 14.2 Å². The lowest BCUT2D eigenvalue weighted by molar-refractivity contribution is 0.122. The molecule has 3 aliphatic rings. The molecule has 0 aliphatic carbocycles. The van der Waals surface area contributed by atoms with Crippen molar-refractivity contribution in [3.05, 3.63) is 42.5 Å². The standard InChI is InChI=1S/C31H35N9O3S/c1-19-22-16-33-40(25(22)13-24(34-19)23-15-32-5-4-26(23)42-3)28-14-27-29(30(35-28)37-7-10-43-11-8-37)36-31(44-27)39-18-20-12-21(39)17-38(20)6-9-41-2/h4-5,13-16,20-21H,6-12,17-18H2,1-3H3/t20-,21-/m1/s1. The third-order valence-corrected chi connectivity index (χ3v) is 10.1. The first-order valence-electron chi connectivity index (χ1n) is 15.1. The fourth-order valence-electron chi connectivity index (χ4n) is 6.83. The second-order valence-corrected chi connectivity index (χ2v) is 12.6. The summed E-state index contributed by atoms with van der Waals surface area (Å²) in [6, 6.07) is 7.05. The molecule has 2 atom stereocenters. The molecule has 44 heavy (non-hydrogen) atoms. The maximum absolute atomic E-state index is 5.69. The molecule has 0 unspecified atom stereocenters. The maximum Gasteiger partial charge on any atom is 0.186 e. The van der Waals surface area contributed by atoms with E-state index in [1.54, 1.807) is 38.0 Å². The molecule has 13 heteroatoms. The first kappa shape index (κ1) is 27.6. The van der Waals surface area contributed by atoms with Crippen molar-refractivity contribution in [1.29, 1.82) is 0 Å². The van der Waals surface area contributed by atoms with Crippen LogP contribution < -0.4 is 14.5 Å². The lowest BCUT2D eigenvalue weighted by Gasteiger charge is -2.33. The van der Waals surface area contributed by atoms with Gasteiger partial charge in [0.1, 0.15) is 11.3 Å². The fourth-order valence-corrected chi connectivity index (χ4v) is 7.91. The average molecular weight is 614 g/mol. The molecular weight excluding hydrogens is 578 g/mol. The van der Waals surface area contributed by atoms with Gasteiger partial charge in [0.2, 0.25) is 0 Å². The first-order valence-corrected chi connectivity index (χ1v) is 15.9. The van der Waals surface area contributed by atoms with Crippen molar-refractivity contribution in [2.24, 2.45) is 0 Å².